The third kappa shape index (κ3) is 3.29. The highest BCUT2D eigenvalue weighted by Gasteiger charge is 2.19. The highest BCUT2D eigenvalue weighted by molar-refractivity contribution is 7.92. The van der Waals surface area contributed by atoms with E-state index in [1.54, 1.807) is 0 Å². The number of phenols is 1. The van der Waals surface area contributed by atoms with Crippen molar-refractivity contribution in [3.05, 3.63) is 58.1 Å². The first-order valence-corrected chi connectivity index (χ1v) is 7.35. The van der Waals surface area contributed by atoms with Crippen molar-refractivity contribution < 1.29 is 18.4 Å². The van der Waals surface area contributed by atoms with Gasteiger partial charge in [0.25, 0.3) is 15.7 Å². The summed E-state index contributed by atoms with van der Waals surface area (Å²) in [5.41, 5.74) is 0.364. The van der Waals surface area contributed by atoms with Crippen LogP contribution in [0.2, 0.25) is 0 Å². The fraction of sp³-hybridized carbons (Fsp3) is 0.0769. The smallest absolute Gasteiger partial charge is 0.273 e. The monoisotopic (exact) mass is 308 g/mol. The lowest BCUT2D eigenvalue weighted by atomic mass is 10.2. The minimum absolute atomic E-state index is 0.00363. The van der Waals surface area contributed by atoms with Crippen LogP contribution in [0, 0.1) is 17.0 Å². The summed E-state index contributed by atoms with van der Waals surface area (Å²) in [4.78, 5) is 10.0. The van der Waals surface area contributed by atoms with E-state index in [1.165, 1.54) is 43.3 Å². The zero-order valence-electron chi connectivity index (χ0n) is 11.0. The van der Waals surface area contributed by atoms with Crippen LogP contribution in [0.4, 0.5) is 11.4 Å². The maximum Gasteiger partial charge on any atom is 0.273 e. The van der Waals surface area contributed by atoms with Crippen molar-refractivity contribution in [1.82, 2.24) is 0 Å². The average molecular weight is 308 g/mol. The molecule has 0 atom stereocenters. The number of anilines is 1. The molecule has 0 aliphatic carbocycles. The first kappa shape index (κ1) is 14.8. The van der Waals surface area contributed by atoms with E-state index in [4.69, 9.17) is 5.11 Å². The molecular formula is C13H12N2O5S. The number of benzene rings is 2. The second kappa shape index (κ2) is 5.41. The van der Waals surface area contributed by atoms with Gasteiger partial charge in [-0.15, -0.1) is 0 Å². The van der Waals surface area contributed by atoms with Crippen molar-refractivity contribution in [2.75, 3.05) is 4.72 Å². The van der Waals surface area contributed by atoms with Crippen LogP contribution in [0.15, 0.2) is 47.4 Å². The van der Waals surface area contributed by atoms with E-state index in [0.717, 1.165) is 6.07 Å². The molecule has 2 aromatic carbocycles. The Bertz CT molecular complexity index is 785. The van der Waals surface area contributed by atoms with Gasteiger partial charge < -0.3 is 5.11 Å². The number of hydrogen-bond acceptors (Lipinski definition) is 5. The number of phenolic OH excluding ortho intramolecular Hbond substituents is 1. The van der Waals surface area contributed by atoms with Crippen molar-refractivity contribution in [3.8, 4) is 5.75 Å². The lowest BCUT2D eigenvalue weighted by molar-refractivity contribution is -0.385. The van der Waals surface area contributed by atoms with E-state index in [0.29, 0.717) is 5.56 Å². The van der Waals surface area contributed by atoms with Crippen molar-refractivity contribution in [3.63, 3.8) is 0 Å². The van der Waals surface area contributed by atoms with Crippen LogP contribution in [0.25, 0.3) is 0 Å². The topological polar surface area (TPSA) is 110 Å². The summed E-state index contributed by atoms with van der Waals surface area (Å²) < 4.78 is 26.6. The number of sulfonamides is 1. The second-order valence-corrected chi connectivity index (χ2v) is 6.04. The van der Waals surface area contributed by atoms with Crippen molar-refractivity contribution in [2.45, 2.75) is 11.8 Å². The van der Waals surface area contributed by atoms with Gasteiger partial charge in [-0.1, -0.05) is 6.07 Å². The van der Waals surface area contributed by atoms with Crippen LogP contribution in [0.5, 0.6) is 5.75 Å². The van der Waals surface area contributed by atoms with E-state index >= 15 is 0 Å². The Labute approximate surface area is 121 Å². The Hall–Kier alpha value is -2.61. The van der Waals surface area contributed by atoms with Crippen LogP contribution < -0.4 is 4.72 Å². The Morgan fingerprint density at radius 1 is 1.14 bits per heavy atom. The van der Waals surface area contributed by atoms with Gasteiger partial charge in [-0.2, -0.15) is 0 Å². The van der Waals surface area contributed by atoms with Crippen LogP contribution >= 0.6 is 0 Å². The summed E-state index contributed by atoms with van der Waals surface area (Å²) in [6.07, 6.45) is 0. The van der Waals surface area contributed by atoms with Crippen LogP contribution in [-0.2, 0) is 10.0 Å². The Kier molecular flexibility index (Phi) is 3.81. The second-order valence-electron chi connectivity index (χ2n) is 4.36. The summed E-state index contributed by atoms with van der Waals surface area (Å²) in [5.74, 6) is 0.00363. The van der Waals surface area contributed by atoms with Gasteiger partial charge in [0, 0.05) is 17.3 Å². The highest BCUT2D eigenvalue weighted by atomic mass is 32.2. The molecule has 0 bridgehead atoms. The zero-order chi connectivity index (χ0) is 15.6. The fourth-order valence-corrected chi connectivity index (χ4v) is 2.77. The SMILES string of the molecule is Cc1ccc(S(=O)(=O)Nc2ccc(O)cc2)cc1[N+](=O)[O-]. The third-order valence-corrected chi connectivity index (χ3v) is 4.19. The number of nitro benzene ring substituents is 1. The van der Waals surface area contributed by atoms with Gasteiger partial charge in [-0.05, 0) is 37.3 Å². The maximum atomic E-state index is 12.2. The van der Waals surface area contributed by atoms with Crippen molar-refractivity contribution in [2.24, 2.45) is 0 Å². The van der Waals surface area contributed by atoms with Gasteiger partial charge in [0.15, 0.2) is 0 Å². The van der Waals surface area contributed by atoms with Gasteiger partial charge in [0.2, 0.25) is 0 Å². The standard InChI is InChI=1S/C13H12N2O5S/c1-9-2-7-12(8-13(9)15(17)18)21(19,20)14-10-3-5-11(16)6-4-10/h2-8,14,16H,1H3. The molecule has 2 N–H and O–H groups in total. The summed E-state index contributed by atoms with van der Waals surface area (Å²) in [6, 6.07) is 9.11. The highest BCUT2D eigenvalue weighted by Crippen LogP contribution is 2.24. The quantitative estimate of drug-likeness (QED) is 0.512. The molecule has 7 nitrogen and oxygen atoms in total. The van der Waals surface area contributed by atoms with E-state index in [1.807, 2.05) is 0 Å². The number of hydrogen-bond donors (Lipinski definition) is 2. The number of nitro groups is 1. The van der Waals surface area contributed by atoms with Crippen molar-refractivity contribution in [1.29, 1.82) is 0 Å². The molecule has 21 heavy (non-hydrogen) atoms. The minimum Gasteiger partial charge on any atom is -0.508 e. The van der Waals surface area contributed by atoms with Crippen LogP contribution in [0.3, 0.4) is 0 Å². The lowest BCUT2D eigenvalue weighted by Gasteiger charge is -2.08. The Balaban J connectivity index is 2.38. The third-order valence-electron chi connectivity index (χ3n) is 2.81. The van der Waals surface area contributed by atoms with E-state index < -0.39 is 14.9 Å². The lowest BCUT2D eigenvalue weighted by Crippen LogP contribution is -2.13. The Morgan fingerprint density at radius 3 is 2.33 bits per heavy atom. The van der Waals surface area contributed by atoms with E-state index in [9.17, 15) is 18.5 Å². The molecule has 0 saturated heterocycles. The molecular weight excluding hydrogens is 296 g/mol. The molecule has 0 fully saturated rings. The van der Waals surface area contributed by atoms with E-state index in [2.05, 4.69) is 4.72 Å². The molecule has 0 spiro atoms. The molecule has 2 aromatic rings. The van der Waals surface area contributed by atoms with Gasteiger partial charge in [-0.3, -0.25) is 14.8 Å². The van der Waals surface area contributed by atoms with Gasteiger partial charge in [0.05, 0.1) is 9.82 Å². The average Bonchev–Trinajstić information content (AvgIpc) is 2.41. The Morgan fingerprint density at radius 2 is 1.76 bits per heavy atom. The largest absolute Gasteiger partial charge is 0.508 e. The number of nitrogens with zero attached hydrogens (tertiary/aromatic N) is 1. The molecule has 110 valence electrons. The first-order chi connectivity index (χ1) is 9.79. The summed E-state index contributed by atoms with van der Waals surface area (Å²) in [5, 5.41) is 20.0. The zero-order valence-corrected chi connectivity index (χ0v) is 11.8. The fourth-order valence-electron chi connectivity index (χ4n) is 1.70. The molecule has 0 amide bonds. The van der Waals surface area contributed by atoms with Gasteiger partial charge >= 0.3 is 0 Å². The molecule has 8 heteroatoms. The summed E-state index contributed by atoms with van der Waals surface area (Å²) in [7, 11) is -3.94. The van der Waals surface area contributed by atoms with Gasteiger partial charge in [0.1, 0.15) is 5.75 Å². The first-order valence-electron chi connectivity index (χ1n) is 5.86. The number of nitrogens with one attached hydrogen (secondary N) is 1. The van der Waals surface area contributed by atoms with Crippen LogP contribution in [0.1, 0.15) is 5.56 Å². The predicted octanol–water partition coefficient (Wildman–Crippen LogP) is 2.41. The van der Waals surface area contributed by atoms with Gasteiger partial charge in [-0.25, -0.2) is 8.42 Å². The number of aromatic hydroxyl groups is 1. The van der Waals surface area contributed by atoms with Crippen LogP contribution in [-0.4, -0.2) is 18.4 Å². The molecule has 0 radical (unpaired) electrons. The maximum absolute atomic E-state index is 12.2. The molecule has 0 aromatic heterocycles. The normalized spacial score (nSPS) is 11.1. The molecule has 0 heterocycles. The summed E-state index contributed by atoms with van der Waals surface area (Å²) >= 11 is 0. The molecule has 0 saturated carbocycles. The van der Waals surface area contributed by atoms with E-state index in [-0.39, 0.29) is 22.0 Å². The number of rotatable bonds is 4. The molecule has 2 rings (SSSR count). The number of aryl methyl sites for hydroxylation is 1. The molecule has 0 aliphatic rings. The predicted molar refractivity (Wildman–Crippen MR) is 76.7 cm³/mol. The molecule has 0 aliphatic heterocycles. The molecule has 0 unspecified atom stereocenters. The minimum atomic E-state index is -3.94. The summed E-state index contributed by atoms with van der Waals surface area (Å²) in [6.45, 7) is 1.53. The van der Waals surface area contributed by atoms with Crippen molar-refractivity contribution >= 4 is 21.4 Å².